The van der Waals surface area contributed by atoms with E-state index in [1.165, 1.54) is 6.08 Å². The lowest BCUT2D eigenvalue weighted by atomic mass is 9.99. The highest BCUT2D eigenvalue weighted by molar-refractivity contribution is 4.88. The molecule has 1 heterocycles. The Bertz CT molecular complexity index is 209. The first-order valence-electron chi connectivity index (χ1n) is 4.64. The Balaban J connectivity index is 2.47. The number of ether oxygens (including phenoxy) is 2. The molecule has 0 radical (unpaired) electrons. The van der Waals surface area contributed by atoms with Crippen LogP contribution in [0.25, 0.3) is 0 Å². The molecule has 1 rings (SSSR count). The fraction of sp³-hybridized carbons (Fsp3) is 0.778. The average Bonchev–Trinajstić information content (AvgIpc) is 2.23. The average molecular weight is 220 g/mol. The smallest absolute Gasteiger partial charge is 0.184 e. The lowest BCUT2D eigenvalue weighted by Crippen LogP contribution is -2.58. The van der Waals surface area contributed by atoms with Gasteiger partial charge in [0.2, 0.25) is 0 Å². The van der Waals surface area contributed by atoms with Crippen LogP contribution in [0.2, 0.25) is 0 Å². The molecule has 15 heavy (non-hydrogen) atoms. The van der Waals surface area contributed by atoms with Gasteiger partial charge in [-0.3, -0.25) is 0 Å². The number of hydrogen-bond donors (Lipinski definition) is 4. The third-order valence-electron chi connectivity index (χ3n) is 2.20. The Morgan fingerprint density at radius 1 is 1.13 bits per heavy atom. The number of hydrogen-bond acceptors (Lipinski definition) is 6. The maximum atomic E-state index is 9.47. The molecule has 0 aromatic carbocycles. The van der Waals surface area contributed by atoms with Crippen molar-refractivity contribution < 1.29 is 29.9 Å². The van der Waals surface area contributed by atoms with Crippen molar-refractivity contribution in [3.05, 3.63) is 12.7 Å². The minimum Gasteiger partial charge on any atom is -0.387 e. The normalized spacial score (nSPS) is 41.5. The second-order valence-electron chi connectivity index (χ2n) is 3.36. The maximum absolute atomic E-state index is 9.47. The van der Waals surface area contributed by atoms with E-state index in [2.05, 4.69) is 6.58 Å². The van der Waals surface area contributed by atoms with Gasteiger partial charge in [0, 0.05) is 0 Å². The highest BCUT2D eigenvalue weighted by Crippen LogP contribution is 2.19. The van der Waals surface area contributed by atoms with Crippen molar-refractivity contribution in [3.8, 4) is 0 Å². The molecule has 1 saturated heterocycles. The SMILES string of the molecule is C=CCOC[C@H]1OC(O)[C@H](O)[C@@H](O)[C@@H]1O. The minimum absolute atomic E-state index is 0.00796. The summed E-state index contributed by atoms with van der Waals surface area (Å²) in [6, 6.07) is 0. The van der Waals surface area contributed by atoms with Gasteiger partial charge >= 0.3 is 0 Å². The summed E-state index contributed by atoms with van der Waals surface area (Å²) in [5, 5.41) is 37.1. The molecule has 0 amide bonds. The van der Waals surface area contributed by atoms with Gasteiger partial charge in [0.1, 0.15) is 24.4 Å². The summed E-state index contributed by atoms with van der Waals surface area (Å²) in [5.41, 5.74) is 0. The van der Waals surface area contributed by atoms with Crippen molar-refractivity contribution in [1.82, 2.24) is 0 Å². The molecule has 1 aliphatic heterocycles. The van der Waals surface area contributed by atoms with Crippen molar-refractivity contribution in [2.45, 2.75) is 30.7 Å². The first-order chi connectivity index (χ1) is 7.07. The molecular formula is C9H16O6. The molecule has 1 fully saturated rings. The van der Waals surface area contributed by atoms with E-state index in [-0.39, 0.29) is 13.2 Å². The first kappa shape index (κ1) is 12.6. The molecular weight excluding hydrogens is 204 g/mol. The second-order valence-corrected chi connectivity index (χ2v) is 3.36. The number of rotatable bonds is 4. The molecule has 6 heteroatoms. The second kappa shape index (κ2) is 5.55. The summed E-state index contributed by atoms with van der Waals surface area (Å²) >= 11 is 0. The number of aliphatic hydroxyl groups excluding tert-OH is 4. The lowest BCUT2D eigenvalue weighted by molar-refractivity contribution is -0.288. The van der Waals surface area contributed by atoms with E-state index in [0.717, 1.165) is 0 Å². The van der Waals surface area contributed by atoms with Crippen molar-refractivity contribution in [2.24, 2.45) is 0 Å². The summed E-state index contributed by atoms with van der Waals surface area (Å²) in [6.45, 7) is 3.72. The zero-order valence-corrected chi connectivity index (χ0v) is 8.19. The van der Waals surface area contributed by atoms with E-state index < -0.39 is 30.7 Å². The van der Waals surface area contributed by atoms with Crippen LogP contribution in [0, 0.1) is 0 Å². The van der Waals surface area contributed by atoms with Crippen LogP contribution in [-0.4, -0.2) is 64.3 Å². The molecule has 6 nitrogen and oxygen atoms in total. The van der Waals surface area contributed by atoms with Crippen LogP contribution in [0.3, 0.4) is 0 Å². The molecule has 0 bridgehead atoms. The number of aliphatic hydroxyl groups is 4. The fourth-order valence-corrected chi connectivity index (χ4v) is 1.34. The summed E-state index contributed by atoms with van der Waals surface area (Å²) in [6.07, 6.45) is -5.08. The van der Waals surface area contributed by atoms with Gasteiger partial charge in [0.05, 0.1) is 13.2 Å². The quantitative estimate of drug-likeness (QED) is 0.323. The summed E-state index contributed by atoms with van der Waals surface area (Å²) < 4.78 is 9.88. The zero-order valence-electron chi connectivity index (χ0n) is 8.19. The van der Waals surface area contributed by atoms with Gasteiger partial charge < -0.3 is 29.9 Å². The topological polar surface area (TPSA) is 99.4 Å². The van der Waals surface area contributed by atoms with Crippen LogP contribution in [0.15, 0.2) is 12.7 Å². The minimum atomic E-state index is -1.51. The fourth-order valence-electron chi connectivity index (χ4n) is 1.34. The standard InChI is InChI=1S/C9H16O6/c1-2-3-14-4-5-6(10)7(11)8(12)9(13)15-5/h2,5-13H,1,3-4H2/t5-,6-,7+,8-,9?/m1/s1. The van der Waals surface area contributed by atoms with Crippen molar-refractivity contribution in [2.75, 3.05) is 13.2 Å². The summed E-state index contributed by atoms with van der Waals surface area (Å²) in [5.74, 6) is 0. The molecule has 0 aromatic rings. The molecule has 4 N–H and O–H groups in total. The predicted molar refractivity (Wildman–Crippen MR) is 49.9 cm³/mol. The summed E-state index contributed by atoms with van der Waals surface area (Å²) in [4.78, 5) is 0. The van der Waals surface area contributed by atoms with E-state index in [4.69, 9.17) is 14.6 Å². The Kier molecular flexibility index (Phi) is 4.65. The first-order valence-corrected chi connectivity index (χ1v) is 4.64. The van der Waals surface area contributed by atoms with Gasteiger partial charge in [-0.15, -0.1) is 6.58 Å². The van der Waals surface area contributed by atoms with E-state index in [9.17, 15) is 15.3 Å². The van der Waals surface area contributed by atoms with Gasteiger partial charge in [0.25, 0.3) is 0 Å². The van der Waals surface area contributed by atoms with Gasteiger partial charge in [-0.1, -0.05) is 6.08 Å². The third kappa shape index (κ3) is 2.97. The Morgan fingerprint density at radius 3 is 2.40 bits per heavy atom. The van der Waals surface area contributed by atoms with Gasteiger partial charge in [-0.25, -0.2) is 0 Å². The molecule has 1 aliphatic rings. The van der Waals surface area contributed by atoms with Crippen LogP contribution in [0.5, 0.6) is 0 Å². The van der Waals surface area contributed by atoms with Gasteiger partial charge in [0.15, 0.2) is 6.29 Å². The highest BCUT2D eigenvalue weighted by atomic mass is 16.6. The molecule has 0 aromatic heterocycles. The molecule has 0 saturated carbocycles. The van der Waals surface area contributed by atoms with Crippen molar-refractivity contribution in [3.63, 3.8) is 0 Å². The Morgan fingerprint density at radius 2 is 1.80 bits per heavy atom. The van der Waals surface area contributed by atoms with E-state index in [0.29, 0.717) is 0 Å². The highest BCUT2D eigenvalue weighted by Gasteiger charge is 2.42. The van der Waals surface area contributed by atoms with E-state index >= 15 is 0 Å². The van der Waals surface area contributed by atoms with Crippen LogP contribution in [-0.2, 0) is 9.47 Å². The van der Waals surface area contributed by atoms with Crippen LogP contribution in [0.1, 0.15) is 0 Å². The van der Waals surface area contributed by atoms with Crippen LogP contribution in [0.4, 0.5) is 0 Å². The zero-order chi connectivity index (χ0) is 11.4. The predicted octanol–water partition coefficient (Wildman–Crippen LogP) is -2.01. The molecule has 0 spiro atoms. The molecule has 1 unspecified atom stereocenters. The van der Waals surface area contributed by atoms with Crippen LogP contribution < -0.4 is 0 Å². The Hall–Kier alpha value is -0.500. The lowest BCUT2D eigenvalue weighted by Gasteiger charge is -2.38. The molecule has 0 aliphatic carbocycles. The molecule has 5 atom stereocenters. The third-order valence-corrected chi connectivity index (χ3v) is 2.20. The van der Waals surface area contributed by atoms with Gasteiger partial charge in [-0.05, 0) is 0 Å². The summed E-state index contributed by atoms with van der Waals surface area (Å²) in [7, 11) is 0. The monoisotopic (exact) mass is 220 g/mol. The Labute approximate surface area is 87.4 Å². The van der Waals surface area contributed by atoms with Crippen molar-refractivity contribution >= 4 is 0 Å². The van der Waals surface area contributed by atoms with Crippen LogP contribution >= 0.6 is 0 Å². The van der Waals surface area contributed by atoms with E-state index in [1.54, 1.807) is 0 Å². The largest absolute Gasteiger partial charge is 0.387 e. The van der Waals surface area contributed by atoms with Crippen molar-refractivity contribution in [1.29, 1.82) is 0 Å². The maximum Gasteiger partial charge on any atom is 0.184 e. The van der Waals surface area contributed by atoms with E-state index in [1.807, 2.05) is 0 Å². The molecule has 88 valence electrons. The van der Waals surface area contributed by atoms with Gasteiger partial charge in [-0.2, -0.15) is 0 Å².